The SMILES string of the molecule is COc1cc(CNC(=O)c2c(C)noc2C)ccc1OCC(N)=O. The van der Waals surface area contributed by atoms with E-state index in [9.17, 15) is 9.59 Å². The molecule has 0 unspecified atom stereocenters. The number of hydrogen-bond donors (Lipinski definition) is 2. The third kappa shape index (κ3) is 4.03. The second kappa shape index (κ2) is 7.49. The van der Waals surface area contributed by atoms with E-state index < -0.39 is 5.91 Å². The van der Waals surface area contributed by atoms with Crippen LogP contribution in [0.25, 0.3) is 0 Å². The van der Waals surface area contributed by atoms with Crippen LogP contribution in [0.5, 0.6) is 11.5 Å². The summed E-state index contributed by atoms with van der Waals surface area (Å²) < 4.78 is 15.5. The molecule has 0 radical (unpaired) electrons. The van der Waals surface area contributed by atoms with Gasteiger partial charge >= 0.3 is 0 Å². The summed E-state index contributed by atoms with van der Waals surface area (Å²) in [6.07, 6.45) is 0. The van der Waals surface area contributed by atoms with Crippen LogP contribution in [0.3, 0.4) is 0 Å². The van der Waals surface area contributed by atoms with Crippen molar-refractivity contribution >= 4 is 11.8 Å². The molecule has 24 heavy (non-hydrogen) atoms. The zero-order chi connectivity index (χ0) is 17.7. The minimum absolute atomic E-state index is 0.238. The van der Waals surface area contributed by atoms with Gasteiger partial charge in [-0.2, -0.15) is 0 Å². The second-order valence-electron chi connectivity index (χ2n) is 5.12. The van der Waals surface area contributed by atoms with Gasteiger partial charge < -0.3 is 25.0 Å². The molecule has 3 N–H and O–H groups in total. The lowest BCUT2D eigenvalue weighted by molar-refractivity contribution is -0.119. The van der Waals surface area contributed by atoms with Gasteiger partial charge in [-0.1, -0.05) is 11.2 Å². The highest BCUT2D eigenvalue weighted by molar-refractivity contribution is 5.96. The van der Waals surface area contributed by atoms with E-state index in [2.05, 4.69) is 10.5 Å². The monoisotopic (exact) mass is 333 g/mol. The number of aryl methyl sites for hydroxylation is 2. The Kier molecular flexibility index (Phi) is 5.41. The molecular weight excluding hydrogens is 314 g/mol. The third-order valence-corrected chi connectivity index (χ3v) is 3.31. The van der Waals surface area contributed by atoms with Crippen molar-refractivity contribution < 1.29 is 23.6 Å². The Bertz CT molecular complexity index is 735. The molecule has 0 aliphatic heterocycles. The van der Waals surface area contributed by atoms with Crippen LogP contribution in [0.4, 0.5) is 0 Å². The van der Waals surface area contributed by atoms with E-state index in [0.717, 1.165) is 5.56 Å². The number of nitrogens with one attached hydrogen (secondary N) is 1. The van der Waals surface area contributed by atoms with Crippen molar-refractivity contribution in [2.75, 3.05) is 13.7 Å². The third-order valence-electron chi connectivity index (χ3n) is 3.31. The van der Waals surface area contributed by atoms with Crippen LogP contribution in [0, 0.1) is 13.8 Å². The number of rotatable bonds is 7. The Balaban J connectivity index is 2.05. The minimum Gasteiger partial charge on any atom is -0.493 e. The number of primary amides is 1. The minimum atomic E-state index is -0.576. The average Bonchev–Trinajstić information content (AvgIpc) is 2.89. The van der Waals surface area contributed by atoms with Crippen LogP contribution < -0.4 is 20.5 Å². The maximum absolute atomic E-state index is 12.2. The number of benzene rings is 1. The molecule has 1 heterocycles. The van der Waals surface area contributed by atoms with Gasteiger partial charge in [0.1, 0.15) is 11.3 Å². The van der Waals surface area contributed by atoms with Gasteiger partial charge in [-0.3, -0.25) is 9.59 Å². The molecule has 0 atom stereocenters. The maximum atomic E-state index is 12.2. The zero-order valence-electron chi connectivity index (χ0n) is 13.7. The molecule has 0 fully saturated rings. The van der Waals surface area contributed by atoms with E-state index in [1.807, 2.05) is 0 Å². The van der Waals surface area contributed by atoms with Gasteiger partial charge in [-0.15, -0.1) is 0 Å². The number of amides is 2. The van der Waals surface area contributed by atoms with Gasteiger partial charge in [0.2, 0.25) is 0 Å². The van der Waals surface area contributed by atoms with Gasteiger partial charge in [0.25, 0.3) is 11.8 Å². The fraction of sp³-hybridized carbons (Fsp3) is 0.312. The van der Waals surface area contributed by atoms with Gasteiger partial charge in [-0.25, -0.2) is 0 Å². The Morgan fingerprint density at radius 1 is 1.29 bits per heavy atom. The predicted octanol–water partition coefficient (Wildman–Crippen LogP) is 1.09. The van der Waals surface area contributed by atoms with Crippen LogP contribution in [-0.4, -0.2) is 30.7 Å². The highest BCUT2D eigenvalue weighted by Gasteiger charge is 2.17. The summed E-state index contributed by atoms with van der Waals surface area (Å²) in [4.78, 5) is 23.0. The van der Waals surface area contributed by atoms with Crippen molar-refractivity contribution in [1.82, 2.24) is 10.5 Å². The lowest BCUT2D eigenvalue weighted by atomic mass is 10.1. The predicted molar refractivity (Wildman–Crippen MR) is 84.8 cm³/mol. The summed E-state index contributed by atoms with van der Waals surface area (Å²) in [5.74, 6) is 0.474. The van der Waals surface area contributed by atoms with Gasteiger partial charge in [0, 0.05) is 6.54 Å². The average molecular weight is 333 g/mol. The van der Waals surface area contributed by atoms with Crippen LogP contribution >= 0.6 is 0 Å². The fourth-order valence-corrected chi connectivity index (χ4v) is 2.17. The fourth-order valence-electron chi connectivity index (χ4n) is 2.17. The molecule has 0 bridgehead atoms. The van der Waals surface area contributed by atoms with Crippen molar-refractivity contribution in [3.05, 3.63) is 40.8 Å². The van der Waals surface area contributed by atoms with E-state index in [1.165, 1.54) is 7.11 Å². The molecule has 2 rings (SSSR count). The molecule has 8 heteroatoms. The number of carbonyl (C=O) groups excluding carboxylic acids is 2. The van der Waals surface area contributed by atoms with E-state index in [-0.39, 0.29) is 19.1 Å². The van der Waals surface area contributed by atoms with E-state index in [4.69, 9.17) is 19.7 Å². The Morgan fingerprint density at radius 2 is 2.04 bits per heavy atom. The molecule has 1 aromatic carbocycles. The van der Waals surface area contributed by atoms with E-state index >= 15 is 0 Å². The Morgan fingerprint density at radius 3 is 2.62 bits per heavy atom. The second-order valence-corrected chi connectivity index (χ2v) is 5.12. The molecule has 1 aromatic heterocycles. The van der Waals surface area contributed by atoms with E-state index in [1.54, 1.807) is 32.0 Å². The Hall–Kier alpha value is -3.03. The topological polar surface area (TPSA) is 117 Å². The van der Waals surface area contributed by atoms with Gasteiger partial charge in [0.05, 0.1) is 12.8 Å². The quantitative estimate of drug-likeness (QED) is 0.783. The van der Waals surface area contributed by atoms with Crippen LogP contribution in [0.2, 0.25) is 0 Å². The number of nitrogens with zero attached hydrogens (tertiary/aromatic N) is 1. The summed E-state index contributed by atoms with van der Waals surface area (Å²) in [5.41, 5.74) is 6.83. The smallest absolute Gasteiger partial charge is 0.257 e. The number of nitrogens with two attached hydrogens (primary N) is 1. The largest absolute Gasteiger partial charge is 0.493 e. The first-order valence-electron chi connectivity index (χ1n) is 7.21. The van der Waals surface area contributed by atoms with Crippen molar-refractivity contribution in [2.45, 2.75) is 20.4 Å². The van der Waals surface area contributed by atoms with Gasteiger partial charge in [-0.05, 0) is 31.5 Å². The first kappa shape index (κ1) is 17.3. The highest BCUT2D eigenvalue weighted by atomic mass is 16.5. The molecular formula is C16H19N3O5. The summed E-state index contributed by atoms with van der Waals surface area (Å²) in [6.45, 7) is 3.44. The summed E-state index contributed by atoms with van der Waals surface area (Å²) >= 11 is 0. The number of ether oxygens (including phenoxy) is 2. The number of methoxy groups -OCH3 is 1. The molecule has 0 saturated carbocycles. The molecule has 128 valence electrons. The number of aromatic nitrogens is 1. The van der Waals surface area contributed by atoms with Crippen molar-refractivity contribution in [3.8, 4) is 11.5 Å². The maximum Gasteiger partial charge on any atom is 0.257 e. The van der Waals surface area contributed by atoms with Crippen LogP contribution in [0.1, 0.15) is 27.4 Å². The van der Waals surface area contributed by atoms with Crippen molar-refractivity contribution in [1.29, 1.82) is 0 Å². The normalized spacial score (nSPS) is 10.3. The van der Waals surface area contributed by atoms with Crippen molar-refractivity contribution in [3.63, 3.8) is 0 Å². The summed E-state index contributed by atoms with van der Waals surface area (Å²) in [6, 6.07) is 5.12. The molecule has 8 nitrogen and oxygen atoms in total. The summed E-state index contributed by atoms with van der Waals surface area (Å²) in [7, 11) is 1.48. The van der Waals surface area contributed by atoms with Crippen LogP contribution in [-0.2, 0) is 11.3 Å². The molecule has 0 spiro atoms. The van der Waals surface area contributed by atoms with Crippen LogP contribution in [0.15, 0.2) is 22.7 Å². The Labute approximate surface area is 138 Å². The first-order chi connectivity index (χ1) is 11.4. The van der Waals surface area contributed by atoms with Gasteiger partial charge in [0.15, 0.2) is 18.1 Å². The molecule has 0 saturated heterocycles. The number of carbonyl (C=O) groups is 2. The highest BCUT2D eigenvalue weighted by Crippen LogP contribution is 2.28. The first-order valence-corrected chi connectivity index (χ1v) is 7.21. The van der Waals surface area contributed by atoms with E-state index in [0.29, 0.717) is 28.5 Å². The standard InChI is InChI=1S/C16H19N3O5/c1-9-15(10(2)24-19-9)16(21)18-7-11-4-5-12(13(6-11)22-3)23-8-14(17)20/h4-6H,7-8H2,1-3H3,(H2,17,20)(H,18,21). The molecule has 2 amide bonds. The molecule has 2 aromatic rings. The lowest BCUT2D eigenvalue weighted by Crippen LogP contribution is -2.24. The zero-order valence-corrected chi connectivity index (χ0v) is 13.7. The molecule has 0 aliphatic rings. The number of hydrogen-bond acceptors (Lipinski definition) is 6. The summed E-state index contributed by atoms with van der Waals surface area (Å²) in [5, 5.41) is 6.55. The lowest BCUT2D eigenvalue weighted by Gasteiger charge is -2.11. The van der Waals surface area contributed by atoms with Crippen molar-refractivity contribution in [2.24, 2.45) is 5.73 Å². The molecule has 0 aliphatic carbocycles.